The van der Waals surface area contributed by atoms with Crippen LogP contribution in [-0.2, 0) is 16.5 Å². The van der Waals surface area contributed by atoms with Crippen LogP contribution < -0.4 is 5.73 Å². The Labute approximate surface area is 93.1 Å². The molecule has 1 aliphatic rings. The number of ether oxygens (including phenoxy) is 2. The van der Waals surface area contributed by atoms with Crippen molar-refractivity contribution in [1.29, 1.82) is 0 Å². The molecule has 15 heavy (non-hydrogen) atoms. The molecule has 0 saturated carbocycles. The van der Waals surface area contributed by atoms with Crippen LogP contribution in [-0.4, -0.2) is 29.3 Å². The van der Waals surface area contributed by atoms with Crippen molar-refractivity contribution in [3.8, 4) is 0 Å². The van der Waals surface area contributed by atoms with Gasteiger partial charge in [0, 0.05) is 13.5 Å². The number of nitrogens with two attached hydrogens (primary N) is 1. The van der Waals surface area contributed by atoms with E-state index in [-0.39, 0.29) is 12.3 Å². The highest BCUT2D eigenvalue weighted by Crippen LogP contribution is 2.25. The zero-order chi connectivity index (χ0) is 10.8. The van der Waals surface area contributed by atoms with Crippen LogP contribution in [0, 0.1) is 0 Å². The summed E-state index contributed by atoms with van der Waals surface area (Å²) in [7, 11) is 1.82. The topological polar surface area (TPSA) is 62.3 Å². The lowest BCUT2D eigenvalue weighted by molar-refractivity contribution is -0.0511. The van der Waals surface area contributed by atoms with Crippen LogP contribution >= 0.6 is 11.6 Å². The number of rotatable bonds is 3. The highest BCUT2D eigenvalue weighted by molar-refractivity contribution is 6.31. The van der Waals surface area contributed by atoms with Gasteiger partial charge in [-0.3, -0.25) is 4.68 Å². The molecule has 1 saturated heterocycles. The Hall–Kier alpha value is -0.620. The molecule has 1 atom stereocenters. The third kappa shape index (κ3) is 2.31. The van der Waals surface area contributed by atoms with E-state index < -0.39 is 0 Å². The molecule has 0 radical (unpaired) electrons. The summed E-state index contributed by atoms with van der Waals surface area (Å²) >= 11 is 5.98. The van der Waals surface area contributed by atoms with E-state index in [1.165, 1.54) is 0 Å². The zero-order valence-corrected chi connectivity index (χ0v) is 9.28. The number of hydrogen-bond acceptors (Lipinski definition) is 4. The Kier molecular flexibility index (Phi) is 3.25. The average Bonchev–Trinajstić information content (AvgIpc) is 2.77. The molecule has 1 aliphatic heterocycles. The summed E-state index contributed by atoms with van der Waals surface area (Å²) in [6.45, 7) is 1.27. The van der Waals surface area contributed by atoms with E-state index in [2.05, 4.69) is 5.10 Å². The molecule has 84 valence electrons. The first-order chi connectivity index (χ1) is 7.18. The molecule has 0 aliphatic carbocycles. The van der Waals surface area contributed by atoms with Gasteiger partial charge in [0.25, 0.3) is 0 Å². The predicted octanol–water partition coefficient (Wildman–Crippen LogP) is 0.836. The third-order valence-electron chi connectivity index (χ3n) is 2.43. The van der Waals surface area contributed by atoms with Crippen molar-refractivity contribution in [2.45, 2.75) is 18.8 Å². The molecule has 2 heterocycles. The lowest BCUT2D eigenvalue weighted by Gasteiger charge is -2.16. The van der Waals surface area contributed by atoms with Gasteiger partial charge in [-0.1, -0.05) is 11.6 Å². The van der Waals surface area contributed by atoms with Crippen molar-refractivity contribution in [3.63, 3.8) is 0 Å². The van der Waals surface area contributed by atoms with E-state index >= 15 is 0 Å². The summed E-state index contributed by atoms with van der Waals surface area (Å²) in [5.74, 6) is 0. The lowest BCUT2D eigenvalue weighted by atomic mass is 10.1. The van der Waals surface area contributed by atoms with Gasteiger partial charge in [-0.2, -0.15) is 5.10 Å². The van der Waals surface area contributed by atoms with Gasteiger partial charge in [-0.05, 0) is 0 Å². The van der Waals surface area contributed by atoms with E-state index in [0.717, 1.165) is 5.69 Å². The second kappa shape index (κ2) is 4.49. The summed E-state index contributed by atoms with van der Waals surface area (Å²) in [6, 6.07) is -0.215. The molecule has 0 amide bonds. The molecule has 2 N–H and O–H groups in total. The van der Waals surface area contributed by atoms with Gasteiger partial charge < -0.3 is 15.2 Å². The molecule has 5 nitrogen and oxygen atoms in total. The summed E-state index contributed by atoms with van der Waals surface area (Å²) < 4.78 is 12.3. The van der Waals surface area contributed by atoms with Crippen molar-refractivity contribution in [3.05, 3.63) is 16.9 Å². The van der Waals surface area contributed by atoms with Crippen LogP contribution in [0.25, 0.3) is 0 Å². The largest absolute Gasteiger partial charge is 0.350 e. The number of aryl methyl sites for hydroxylation is 1. The summed E-state index contributed by atoms with van der Waals surface area (Å²) in [5.41, 5.74) is 6.83. The highest BCUT2D eigenvalue weighted by atomic mass is 35.5. The van der Waals surface area contributed by atoms with Crippen LogP contribution in [0.15, 0.2) is 6.20 Å². The first kappa shape index (κ1) is 10.9. The highest BCUT2D eigenvalue weighted by Gasteiger charge is 2.23. The number of aromatic nitrogens is 2. The quantitative estimate of drug-likeness (QED) is 0.837. The van der Waals surface area contributed by atoms with E-state index in [9.17, 15) is 0 Å². The molecular weight excluding hydrogens is 218 g/mol. The molecule has 1 aromatic heterocycles. The van der Waals surface area contributed by atoms with Gasteiger partial charge >= 0.3 is 0 Å². The van der Waals surface area contributed by atoms with Crippen molar-refractivity contribution >= 4 is 11.6 Å². The fourth-order valence-corrected chi connectivity index (χ4v) is 2.01. The van der Waals surface area contributed by atoms with Gasteiger partial charge in [-0.25, -0.2) is 0 Å². The van der Waals surface area contributed by atoms with Crippen molar-refractivity contribution in [2.75, 3.05) is 13.2 Å². The van der Waals surface area contributed by atoms with E-state index in [1.54, 1.807) is 10.9 Å². The SMILES string of the molecule is Cn1ncc(Cl)c1C(N)CC1OCCO1. The van der Waals surface area contributed by atoms with Crippen LogP contribution in [0.5, 0.6) is 0 Å². The maximum atomic E-state index is 6.02. The van der Waals surface area contributed by atoms with Crippen LogP contribution in [0.2, 0.25) is 5.02 Å². The molecule has 0 bridgehead atoms. The normalized spacial score (nSPS) is 19.7. The summed E-state index contributed by atoms with van der Waals surface area (Å²) in [6.07, 6.45) is 1.97. The summed E-state index contributed by atoms with van der Waals surface area (Å²) in [4.78, 5) is 0. The maximum absolute atomic E-state index is 6.02. The third-order valence-corrected chi connectivity index (χ3v) is 2.72. The van der Waals surface area contributed by atoms with Gasteiger partial charge in [0.05, 0.1) is 36.2 Å². The first-order valence-corrected chi connectivity index (χ1v) is 5.22. The lowest BCUT2D eigenvalue weighted by Crippen LogP contribution is -2.22. The Morgan fingerprint density at radius 1 is 1.67 bits per heavy atom. The van der Waals surface area contributed by atoms with Crippen LogP contribution in [0.3, 0.4) is 0 Å². The minimum atomic E-state index is -0.217. The minimum Gasteiger partial charge on any atom is -0.350 e. The molecular formula is C9H14ClN3O2. The Morgan fingerprint density at radius 3 is 2.87 bits per heavy atom. The van der Waals surface area contributed by atoms with Crippen molar-refractivity contribution in [2.24, 2.45) is 12.8 Å². The fourth-order valence-electron chi connectivity index (χ4n) is 1.70. The molecule has 1 fully saturated rings. The average molecular weight is 232 g/mol. The molecule has 0 spiro atoms. The fraction of sp³-hybridized carbons (Fsp3) is 0.667. The second-order valence-corrected chi connectivity index (χ2v) is 3.92. The first-order valence-electron chi connectivity index (χ1n) is 4.84. The van der Waals surface area contributed by atoms with Gasteiger partial charge in [0.2, 0.25) is 0 Å². The maximum Gasteiger partial charge on any atom is 0.159 e. The zero-order valence-electron chi connectivity index (χ0n) is 8.52. The van der Waals surface area contributed by atoms with E-state index in [1.807, 2.05) is 7.05 Å². The molecule has 6 heteroatoms. The Balaban J connectivity index is 2.03. The number of nitrogens with zero attached hydrogens (tertiary/aromatic N) is 2. The summed E-state index contributed by atoms with van der Waals surface area (Å²) in [5, 5.41) is 4.62. The van der Waals surface area contributed by atoms with Crippen molar-refractivity contribution < 1.29 is 9.47 Å². The van der Waals surface area contributed by atoms with Gasteiger partial charge in [-0.15, -0.1) is 0 Å². The second-order valence-electron chi connectivity index (χ2n) is 3.51. The van der Waals surface area contributed by atoms with E-state index in [4.69, 9.17) is 26.8 Å². The molecule has 2 rings (SSSR count). The van der Waals surface area contributed by atoms with E-state index in [0.29, 0.717) is 24.7 Å². The molecule has 1 aromatic rings. The molecule has 0 aromatic carbocycles. The Morgan fingerprint density at radius 2 is 2.33 bits per heavy atom. The van der Waals surface area contributed by atoms with Crippen LogP contribution in [0.1, 0.15) is 18.2 Å². The predicted molar refractivity (Wildman–Crippen MR) is 55.5 cm³/mol. The standard InChI is InChI=1S/C9H14ClN3O2/c1-13-9(6(10)5-12-13)7(11)4-8-14-2-3-15-8/h5,7-8H,2-4,11H2,1H3. The smallest absolute Gasteiger partial charge is 0.159 e. The number of hydrogen-bond donors (Lipinski definition) is 1. The minimum absolute atomic E-state index is 0.215. The van der Waals surface area contributed by atoms with Gasteiger partial charge in [0.1, 0.15) is 0 Å². The van der Waals surface area contributed by atoms with Crippen molar-refractivity contribution in [1.82, 2.24) is 9.78 Å². The monoisotopic (exact) mass is 231 g/mol. The molecule has 1 unspecified atom stereocenters. The van der Waals surface area contributed by atoms with Gasteiger partial charge in [0.15, 0.2) is 6.29 Å². The van der Waals surface area contributed by atoms with Crippen LogP contribution in [0.4, 0.5) is 0 Å². The Bertz CT molecular complexity index is 317. The number of halogens is 1.